The van der Waals surface area contributed by atoms with Gasteiger partial charge in [-0.2, -0.15) is 0 Å². The Bertz CT molecular complexity index is 545. The molecule has 102 valence electrons. The van der Waals surface area contributed by atoms with Gasteiger partial charge in [0.25, 0.3) is 0 Å². The molecular weight excluding hydrogens is 308 g/mol. The lowest BCUT2D eigenvalue weighted by molar-refractivity contribution is 0.268. The Morgan fingerprint density at radius 1 is 1.37 bits per heavy atom. The van der Waals surface area contributed by atoms with Crippen molar-refractivity contribution in [2.45, 2.75) is 26.9 Å². The molecule has 1 aromatic carbocycles. The molecule has 19 heavy (non-hydrogen) atoms. The van der Waals surface area contributed by atoms with Crippen LogP contribution >= 0.6 is 15.9 Å². The van der Waals surface area contributed by atoms with E-state index >= 15 is 0 Å². The largest absolute Gasteiger partial charge is 0.394 e. The van der Waals surface area contributed by atoms with Gasteiger partial charge in [0.05, 0.1) is 31.6 Å². The van der Waals surface area contributed by atoms with E-state index in [4.69, 9.17) is 5.11 Å². The van der Waals surface area contributed by atoms with Crippen molar-refractivity contribution < 1.29 is 5.11 Å². The van der Waals surface area contributed by atoms with Crippen molar-refractivity contribution in [3.05, 3.63) is 39.6 Å². The third kappa shape index (κ3) is 3.54. The highest BCUT2D eigenvalue weighted by Crippen LogP contribution is 2.28. The Labute approximate surface area is 120 Å². The van der Waals surface area contributed by atoms with Crippen molar-refractivity contribution >= 4 is 21.6 Å². The van der Waals surface area contributed by atoms with E-state index in [1.54, 1.807) is 4.68 Å². The number of anilines is 1. The average molecular weight is 325 g/mol. The standard InChI is InChI=1S/C13H17BrN4O/c1-9-5-10(2)13(12(14)6-9)15-7-11-8-18(3-4-19)17-16-11/h5-6,8,15,19H,3-4,7H2,1-2H3. The molecule has 2 rings (SSSR count). The highest BCUT2D eigenvalue weighted by Gasteiger charge is 2.06. The van der Waals surface area contributed by atoms with E-state index in [1.165, 1.54) is 11.1 Å². The maximum absolute atomic E-state index is 8.83. The molecule has 0 atom stereocenters. The molecule has 0 amide bonds. The van der Waals surface area contributed by atoms with Gasteiger partial charge >= 0.3 is 0 Å². The molecule has 0 fully saturated rings. The fraction of sp³-hybridized carbons (Fsp3) is 0.385. The predicted octanol–water partition coefficient (Wildman–Crippen LogP) is 2.26. The highest BCUT2D eigenvalue weighted by atomic mass is 79.9. The van der Waals surface area contributed by atoms with Gasteiger partial charge in [-0.15, -0.1) is 5.10 Å². The van der Waals surface area contributed by atoms with E-state index in [1.807, 2.05) is 6.20 Å². The summed E-state index contributed by atoms with van der Waals surface area (Å²) in [5.74, 6) is 0. The minimum Gasteiger partial charge on any atom is -0.394 e. The van der Waals surface area contributed by atoms with E-state index < -0.39 is 0 Å². The van der Waals surface area contributed by atoms with Crippen LogP contribution in [0, 0.1) is 13.8 Å². The highest BCUT2D eigenvalue weighted by molar-refractivity contribution is 9.10. The molecular formula is C13H17BrN4O. The molecule has 1 heterocycles. The van der Waals surface area contributed by atoms with Gasteiger partial charge in [0.15, 0.2) is 0 Å². The summed E-state index contributed by atoms with van der Waals surface area (Å²) in [6.07, 6.45) is 1.83. The average Bonchev–Trinajstić information content (AvgIpc) is 2.76. The molecule has 0 aliphatic rings. The van der Waals surface area contributed by atoms with Crippen molar-refractivity contribution in [2.24, 2.45) is 0 Å². The number of rotatable bonds is 5. The second-order valence-corrected chi connectivity index (χ2v) is 5.34. The van der Waals surface area contributed by atoms with Crippen molar-refractivity contribution in [3.8, 4) is 0 Å². The smallest absolute Gasteiger partial charge is 0.102 e. The molecule has 5 nitrogen and oxygen atoms in total. The van der Waals surface area contributed by atoms with Crippen LogP contribution in [0.4, 0.5) is 5.69 Å². The van der Waals surface area contributed by atoms with E-state index in [0.717, 1.165) is 15.9 Å². The number of aliphatic hydroxyl groups is 1. The van der Waals surface area contributed by atoms with Crippen LogP contribution in [-0.4, -0.2) is 26.7 Å². The molecule has 0 radical (unpaired) electrons. The lowest BCUT2D eigenvalue weighted by atomic mass is 10.1. The summed E-state index contributed by atoms with van der Waals surface area (Å²) in [5.41, 5.74) is 4.33. The van der Waals surface area contributed by atoms with Gasteiger partial charge in [0.1, 0.15) is 5.69 Å². The predicted molar refractivity (Wildman–Crippen MR) is 78.1 cm³/mol. The monoisotopic (exact) mass is 324 g/mol. The summed E-state index contributed by atoms with van der Waals surface area (Å²) in [6.45, 7) is 5.29. The summed E-state index contributed by atoms with van der Waals surface area (Å²) < 4.78 is 2.68. The van der Waals surface area contributed by atoms with Gasteiger partial charge < -0.3 is 10.4 Å². The number of nitrogens with zero attached hydrogens (tertiary/aromatic N) is 3. The van der Waals surface area contributed by atoms with Crippen molar-refractivity contribution in [1.29, 1.82) is 0 Å². The van der Waals surface area contributed by atoms with Crippen LogP contribution < -0.4 is 5.32 Å². The molecule has 1 aromatic heterocycles. The van der Waals surface area contributed by atoms with Gasteiger partial charge in [-0.25, -0.2) is 4.68 Å². The number of aromatic nitrogens is 3. The van der Waals surface area contributed by atoms with Crippen LogP contribution in [-0.2, 0) is 13.1 Å². The number of hydrogen-bond acceptors (Lipinski definition) is 4. The van der Waals surface area contributed by atoms with Crippen molar-refractivity contribution in [2.75, 3.05) is 11.9 Å². The summed E-state index contributed by atoms with van der Waals surface area (Å²) in [6, 6.07) is 4.22. The third-order valence-corrected chi connectivity index (χ3v) is 3.42. The van der Waals surface area contributed by atoms with Gasteiger partial charge in [-0.05, 0) is 47.0 Å². The zero-order valence-electron chi connectivity index (χ0n) is 11.0. The minimum atomic E-state index is 0.0683. The Kier molecular flexibility index (Phi) is 4.55. The SMILES string of the molecule is Cc1cc(C)c(NCc2cn(CCO)nn2)c(Br)c1. The zero-order valence-corrected chi connectivity index (χ0v) is 12.6. The first-order chi connectivity index (χ1) is 9.10. The molecule has 0 saturated carbocycles. The first kappa shape index (κ1) is 14.0. The molecule has 0 bridgehead atoms. The first-order valence-electron chi connectivity index (χ1n) is 6.10. The molecule has 0 aliphatic carbocycles. The van der Waals surface area contributed by atoms with Crippen LogP contribution in [0.15, 0.2) is 22.8 Å². The third-order valence-electron chi connectivity index (χ3n) is 2.79. The van der Waals surface area contributed by atoms with Crippen LogP contribution in [0.25, 0.3) is 0 Å². The summed E-state index contributed by atoms with van der Waals surface area (Å²) in [7, 11) is 0. The minimum absolute atomic E-state index is 0.0683. The van der Waals surface area contributed by atoms with E-state index in [2.05, 4.69) is 57.5 Å². The number of aliphatic hydroxyl groups excluding tert-OH is 1. The molecule has 0 saturated heterocycles. The van der Waals surface area contributed by atoms with Crippen LogP contribution in [0.2, 0.25) is 0 Å². The van der Waals surface area contributed by atoms with E-state index in [9.17, 15) is 0 Å². The molecule has 2 N–H and O–H groups in total. The van der Waals surface area contributed by atoms with E-state index in [-0.39, 0.29) is 6.61 Å². The Morgan fingerprint density at radius 3 is 2.84 bits per heavy atom. The van der Waals surface area contributed by atoms with Gasteiger partial charge in [0.2, 0.25) is 0 Å². The maximum atomic E-state index is 8.83. The molecule has 6 heteroatoms. The molecule has 2 aromatic rings. The maximum Gasteiger partial charge on any atom is 0.102 e. The van der Waals surface area contributed by atoms with Gasteiger partial charge in [0, 0.05) is 4.47 Å². The molecule has 0 aliphatic heterocycles. The van der Waals surface area contributed by atoms with Crippen molar-refractivity contribution in [1.82, 2.24) is 15.0 Å². The number of nitrogens with one attached hydrogen (secondary N) is 1. The molecule has 0 unspecified atom stereocenters. The fourth-order valence-corrected chi connectivity index (χ4v) is 2.76. The van der Waals surface area contributed by atoms with Crippen LogP contribution in [0.3, 0.4) is 0 Å². The van der Waals surface area contributed by atoms with Gasteiger partial charge in [-0.3, -0.25) is 0 Å². The Hall–Kier alpha value is -1.40. The zero-order chi connectivity index (χ0) is 13.8. The number of hydrogen-bond donors (Lipinski definition) is 2. The van der Waals surface area contributed by atoms with Crippen LogP contribution in [0.1, 0.15) is 16.8 Å². The quantitative estimate of drug-likeness (QED) is 0.885. The van der Waals surface area contributed by atoms with Gasteiger partial charge in [-0.1, -0.05) is 11.3 Å². The number of halogens is 1. The lowest BCUT2D eigenvalue weighted by Crippen LogP contribution is -2.03. The van der Waals surface area contributed by atoms with Crippen molar-refractivity contribution in [3.63, 3.8) is 0 Å². The number of benzene rings is 1. The topological polar surface area (TPSA) is 63.0 Å². The Morgan fingerprint density at radius 2 is 2.16 bits per heavy atom. The van der Waals surface area contributed by atoms with E-state index in [0.29, 0.717) is 13.1 Å². The summed E-state index contributed by atoms with van der Waals surface area (Å²) >= 11 is 3.56. The molecule has 0 spiro atoms. The fourth-order valence-electron chi connectivity index (χ4n) is 1.95. The normalized spacial score (nSPS) is 10.7. The second kappa shape index (κ2) is 6.16. The Balaban J connectivity index is 2.05. The lowest BCUT2D eigenvalue weighted by Gasteiger charge is -2.11. The summed E-state index contributed by atoms with van der Waals surface area (Å²) in [5, 5.41) is 20.2. The van der Waals surface area contributed by atoms with Crippen LogP contribution in [0.5, 0.6) is 0 Å². The number of aryl methyl sites for hydroxylation is 2. The summed E-state index contributed by atoms with van der Waals surface area (Å²) in [4.78, 5) is 0. The first-order valence-corrected chi connectivity index (χ1v) is 6.90. The second-order valence-electron chi connectivity index (χ2n) is 4.49.